The average Bonchev–Trinajstić information content (AvgIpc) is 2.10. The first-order chi connectivity index (χ1) is 4.24. The number of rotatable bonds is 0. The number of nitriles is 1. The molecule has 9 heavy (non-hydrogen) atoms. The standard InChI is InChI=1S/C5H4N2OS/c1-3-7-4(2-6)5(8)9-3/h8H,1H3. The fourth-order valence-electron chi connectivity index (χ4n) is 0.489. The number of aromatic nitrogens is 1. The first-order valence-corrected chi connectivity index (χ1v) is 3.12. The molecular weight excluding hydrogens is 136 g/mol. The molecule has 0 aliphatic carbocycles. The molecule has 4 heteroatoms. The van der Waals surface area contributed by atoms with Crippen LogP contribution < -0.4 is 0 Å². The van der Waals surface area contributed by atoms with E-state index in [9.17, 15) is 0 Å². The van der Waals surface area contributed by atoms with Crippen LogP contribution in [0.1, 0.15) is 10.7 Å². The molecular formula is C5H4N2OS. The molecule has 0 fully saturated rings. The summed E-state index contributed by atoms with van der Waals surface area (Å²) in [6.45, 7) is 1.74. The summed E-state index contributed by atoms with van der Waals surface area (Å²) < 4.78 is 0. The van der Waals surface area contributed by atoms with Crippen LogP contribution in [0.2, 0.25) is 0 Å². The van der Waals surface area contributed by atoms with Crippen LogP contribution in [-0.4, -0.2) is 10.1 Å². The minimum absolute atomic E-state index is 0.00926. The monoisotopic (exact) mass is 140 g/mol. The van der Waals surface area contributed by atoms with E-state index in [1.807, 2.05) is 0 Å². The van der Waals surface area contributed by atoms with E-state index in [2.05, 4.69) is 4.98 Å². The predicted octanol–water partition coefficient (Wildman–Crippen LogP) is 1.03. The number of nitrogens with zero attached hydrogens (tertiary/aromatic N) is 2. The van der Waals surface area contributed by atoms with Gasteiger partial charge in [0.1, 0.15) is 6.07 Å². The van der Waals surface area contributed by atoms with Crippen LogP contribution in [0.3, 0.4) is 0 Å². The van der Waals surface area contributed by atoms with Crippen molar-refractivity contribution in [3.05, 3.63) is 10.7 Å². The van der Waals surface area contributed by atoms with Gasteiger partial charge in [-0.2, -0.15) is 5.26 Å². The lowest BCUT2D eigenvalue weighted by Gasteiger charge is -1.74. The lowest BCUT2D eigenvalue weighted by molar-refractivity contribution is 0.487. The van der Waals surface area contributed by atoms with Crippen LogP contribution in [0.15, 0.2) is 0 Å². The van der Waals surface area contributed by atoms with Crippen molar-refractivity contribution in [2.75, 3.05) is 0 Å². The minimum atomic E-state index is 0.00926. The normalized spacial score (nSPS) is 8.89. The summed E-state index contributed by atoms with van der Waals surface area (Å²) in [6, 6.07) is 1.77. The zero-order valence-corrected chi connectivity index (χ0v) is 5.57. The van der Waals surface area contributed by atoms with Gasteiger partial charge in [-0.25, -0.2) is 4.98 Å². The van der Waals surface area contributed by atoms with Gasteiger partial charge < -0.3 is 5.11 Å². The number of aromatic hydroxyl groups is 1. The van der Waals surface area contributed by atoms with Crippen molar-refractivity contribution in [3.8, 4) is 11.1 Å². The number of aryl methyl sites for hydroxylation is 1. The first kappa shape index (κ1) is 6.05. The summed E-state index contributed by atoms with van der Waals surface area (Å²) in [4.78, 5) is 3.74. The molecule has 0 aliphatic rings. The maximum atomic E-state index is 8.86. The van der Waals surface area contributed by atoms with E-state index in [0.717, 1.165) is 11.3 Å². The molecule has 0 saturated heterocycles. The SMILES string of the molecule is Cc1nc(C#N)c(O)s1. The fraction of sp³-hybridized carbons (Fsp3) is 0.200. The van der Waals surface area contributed by atoms with E-state index >= 15 is 0 Å². The average molecular weight is 140 g/mol. The van der Waals surface area contributed by atoms with Crippen molar-refractivity contribution < 1.29 is 5.11 Å². The molecule has 0 aromatic carbocycles. The van der Waals surface area contributed by atoms with Crippen molar-refractivity contribution in [1.29, 1.82) is 5.26 Å². The Morgan fingerprint density at radius 3 is 2.67 bits per heavy atom. The Balaban J connectivity index is 3.20. The summed E-state index contributed by atoms with van der Waals surface area (Å²) in [6.07, 6.45) is 0. The summed E-state index contributed by atoms with van der Waals surface area (Å²) >= 11 is 1.12. The van der Waals surface area contributed by atoms with Gasteiger partial charge in [-0.15, -0.1) is 0 Å². The van der Waals surface area contributed by atoms with Crippen molar-refractivity contribution in [1.82, 2.24) is 4.98 Å². The zero-order chi connectivity index (χ0) is 6.85. The number of hydrogen-bond acceptors (Lipinski definition) is 4. The maximum absolute atomic E-state index is 8.86. The third-order valence-electron chi connectivity index (χ3n) is 0.822. The Morgan fingerprint density at radius 2 is 2.44 bits per heavy atom. The molecule has 1 aromatic heterocycles. The number of hydrogen-bond donors (Lipinski definition) is 1. The highest BCUT2D eigenvalue weighted by Crippen LogP contribution is 2.23. The van der Waals surface area contributed by atoms with Crippen molar-refractivity contribution in [2.24, 2.45) is 0 Å². The highest BCUT2D eigenvalue weighted by atomic mass is 32.1. The van der Waals surface area contributed by atoms with E-state index in [1.54, 1.807) is 13.0 Å². The van der Waals surface area contributed by atoms with Gasteiger partial charge in [0.05, 0.1) is 5.01 Å². The third-order valence-corrected chi connectivity index (χ3v) is 1.60. The first-order valence-electron chi connectivity index (χ1n) is 2.30. The predicted molar refractivity (Wildman–Crippen MR) is 33.2 cm³/mol. The molecule has 1 rings (SSSR count). The topological polar surface area (TPSA) is 56.9 Å². The Bertz CT molecular complexity index is 260. The van der Waals surface area contributed by atoms with Gasteiger partial charge in [0, 0.05) is 0 Å². The molecule has 0 unspecified atom stereocenters. The fourth-order valence-corrected chi connectivity index (χ4v) is 1.09. The second kappa shape index (κ2) is 2.03. The zero-order valence-electron chi connectivity index (χ0n) is 4.75. The Hall–Kier alpha value is -1.08. The molecule has 46 valence electrons. The Labute approximate surface area is 56.2 Å². The number of thiazole rings is 1. The lowest BCUT2D eigenvalue weighted by Crippen LogP contribution is -1.71. The molecule has 0 saturated carbocycles. The second-order valence-electron chi connectivity index (χ2n) is 1.50. The van der Waals surface area contributed by atoms with Crippen LogP contribution in [-0.2, 0) is 0 Å². The van der Waals surface area contributed by atoms with E-state index in [-0.39, 0.29) is 10.8 Å². The van der Waals surface area contributed by atoms with Gasteiger partial charge in [0.2, 0.25) is 5.06 Å². The molecule has 1 aromatic rings. The molecule has 0 atom stereocenters. The molecule has 0 spiro atoms. The molecule has 1 heterocycles. The van der Waals surface area contributed by atoms with Crippen LogP contribution in [0.4, 0.5) is 0 Å². The van der Waals surface area contributed by atoms with Gasteiger partial charge >= 0.3 is 0 Å². The van der Waals surface area contributed by atoms with Gasteiger partial charge in [-0.05, 0) is 6.92 Å². The van der Waals surface area contributed by atoms with Gasteiger partial charge in [-0.1, -0.05) is 11.3 Å². The van der Waals surface area contributed by atoms with Crippen LogP contribution in [0, 0.1) is 18.3 Å². The van der Waals surface area contributed by atoms with Crippen molar-refractivity contribution in [3.63, 3.8) is 0 Å². The molecule has 0 amide bonds. The summed E-state index contributed by atoms with van der Waals surface area (Å²) in [5, 5.41) is 17.9. The van der Waals surface area contributed by atoms with E-state index < -0.39 is 0 Å². The van der Waals surface area contributed by atoms with Crippen LogP contribution in [0.5, 0.6) is 5.06 Å². The van der Waals surface area contributed by atoms with E-state index in [4.69, 9.17) is 10.4 Å². The Kier molecular flexibility index (Phi) is 1.37. The minimum Gasteiger partial charge on any atom is -0.497 e. The largest absolute Gasteiger partial charge is 0.497 e. The quantitative estimate of drug-likeness (QED) is 0.585. The summed E-state index contributed by atoms with van der Waals surface area (Å²) in [5.74, 6) is 0. The smallest absolute Gasteiger partial charge is 0.210 e. The van der Waals surface area contributed by atoms with Crippen LogP contribution >= 0.6 is 11.3 Å². The van der Waals surface area contributed by atoms with Crippen LogP contribution in [0.25, 0.3) is 0 Å². The van der Waals surface area contributed by atoms with Crippen molar-refractivity contribution >= 4 is 11.3 Å². The molecule has 0 bridgehead atoms. The highest BCUT2D eigenvalue weighted by Gasteiger charge is 2.04. The lowest BCUT2D eigenvalue weighted by atomic mass is 10.5. The Morgan fingerprint density at radius 1 is 1.78 bits per heavy atom. The second-order valence-corrected chi connectivity index (χ2v) is 2.68. The third kappa shape index (κ3) is 1.00. The molecule has 1 N–H and O–H groups in total. The molecule has 0 aliphatic heterocycles. The van der Waals surface area contributed by atoms with Gasteiger partial charge in [-0.3, -0.25) is 0 Å². The van der Waals surface area contributed by atoms with Gasteiger partial charge in [0.15, 0.2) is 5.69 Å². The summed E-state index contributed by atoms with van der Waals surface area (Å²) in [7, 11) is 0. The molecule has 0 radical (unpaired) electrons. The van der Waals surface area contributed by atoms with Gasteiger partial charge in [0.25, 0.3) is 0 Å². The van der Waals surface area contributed by atoms with E-state index in [0.29, 0.717) is 5.01 Å². The van der Waals surface area contributed by atoms with Crippen molar-refractivity contribution in [2.45, 2.75) is 6.92 Å². The maximum Gasteiger partial charge on any atom is 0.210 e. The highest BCUT2D eigenvalue weighted by molar-refractivity contribution is 7.13. The molecule has 3 nitrogen and oxygen atoms in total. The van der Waals surface area contributed by atoms with E-state index in [1.165, 1.54) is 0 Å². The summed E-state index contributed by atoms with van der Waals surface area (Å²) in [5.41, 5.74) is 0.123.